The first-order chi connectivity index (χ1) is 8.40. The second kappa shape index (κ2) is 4.38. The van der Waals surface area contributed by atoms with Crippen molar-refractivity contribution in [1.82, 2.24) is 0 Å². The molecule has 1 atom stereocenters. The van der Waals surface area contributed by atoms with Gasteiger partial charge < -0.3 is 14.6 Å². The van der Waals surface area contributed by atoms with Gasteiger partial charge >= 0.3 is 5.63 Å². The maximum Gasteiger partial charge on any atom is 0.336 e. The molecule has 0 bridgehead atoms. The third-order valence-electron chi connectivity index (χ3n) is 2.71. The topological polar surface area (TPSA) is 87.7 Å². The highest BCUT2D eigenvalue weighted by atomic mass is 32.1. The molecule has 2 rings (SSSR count). The molecule has 5 nitrogen and oxygen atoms in total. The molecule has 2 N–H and O–H groups in total. The first-order valence-electron chi connectivity index (χ1n) is 5.12. The van der Waals surface area contributed by atoms with Crippen molar-refractivity contribution in [3.8, 4) is 11.5 Å². The fraction of sp³-hybridized carbons (Fsp3) is 0.167. The van der Waals surface area contributed by atoms with Gasteiger partial charge in [-0.15, -0.1) is 12.6 Å². The molecule has 6 heteroatoms. The third-order valence-corrected chi connectivity index (χ3v) is 3.10. The van der Waals surface area contributed by atoms with Crippen LogP contribution in [0.15, 0.2) is 27.4 Å². The second-order valence-corrected chi connectivity index (χ2v) is 4.36. The van der Waals surface area contributed by atoms with Crippen LogP contribution < -0.4 is 5.63 Å². The summed E-state index contributed by atoms with van der Waals surface area (Å²) >= 11 is 3.73. The number of benzene rings is 1. The Kier molecular flexibility index (Phi) is 3.04. The van der Waals surface area contributed by atoms with Crippen LogP contribution in [0.25, 0.3) is 11.0 Å². The molecule has 94 valence electrons. The van der Waals surface area contributed by atoms with Gasteiger partial charge in [0.05, 0.1) is 5.92 Å². The lowest BCUT2D eigenvalue weighted by Gasteiger charge is -2.10. The third kappa shape index (κ3) is 2.06. The van der Waals surface area contributed by atoms with Crippen LogP contribution in [0.5, 0.6) is 11.5 Å². The van der Waals surface area contributed by atoms with Gasteiger partial charge in [0.15, 0.2) is 16.6 Å². The van der Waals surface area contributed by atoms with E-state index in [1.54, 1.807) is 6.92 Å². The monoisotopic (exact) mass is 266 g/mol. The molecular weight excluding hydrogens is 256 g/mol. The summed E-state index contributed by atoms with van der Waals surface area (Å²) in [6, 6.07) is 3.55. The molecule has 0 aliphatic rings. The minimum Gasteiger partial charge on any atom is -0.504 e. The van der Waals surface area contributed by atoms with Crippen LogP contribution in [0, 0.1) is 0 Å². The second-order valence-electron chi connectivity index (χ2n) is 3.92. The minimum atomic E-state index is -0.635. The van der Waals surface area contributed by atoms with Gasteiger partial charge in [0.1, 0.15) is 5.58 Å². The Morgan fingerprint density at radius 3 is 2.50 bits per heavy atom. The number of phenolic OH excluding ortho intramolecular Hbond substituents is 2. The standard InChI is InChI=1S/C12H10O5S/c1-5(12(16)18)6-3-11(15)17-10-4-9(14)8(13)2-7(6)10/h2-5,13-14H,1H3,(H,16,18). The van der Waals surface area contributed by atoms with Crippen molar-refractivity contribution in [2.24, 2.45) is 0 Å². The fourth-order valence-electron chi connectivity index (χ4n) is 1.70. The van der Waals surface area contributed by atoms with E-state index in [1.807, 2.05) is 0 Å². The van der Waals surface area contributed by atoms with E-state index in [1.165, 1.54) is 12.1 Å². The summed E-state index contributed by atoms with van der Waals surface area (Å²) in [6.45, 7) is 1.59. The summed E-state index contributed by atoms with van der Waals surface area (Å²) in [5.74, 6) is -1.37. The predicted molar refractivity (Wildman–Crippen MR) is 68.2 cm³/mol. The van der Waals surface area contributed by atoms with E-state index >= 15 is 0 Å². The molecular formula is C12H10O5S. The van der Waals surface area contributed by atoms with Gasteiger partial charge in [-0.1, -0.05) is 6.92 Å². The summed E-state index contributed by atoms with van der Waals surface area (Å²) < 4.78 is 4.91. The zero-order valence-electron chi connectivity index (χ0n) is 9.38. The number of rotatable bonds is 2. The first-order valence-corrected chi connectivity index (χ1v) is 5.57. The highest BCUT2D eigenvalue weighted by molar-refractivity contribution is 7.96. The minimum absolute atomic E-state index is 0.106. The zero-order valence-corrected chi connectivity index (χ0v) is 10.3. The van der Waals surface area contributed by atoms with Gasteiger partial charge in [0, 0.05) is 17.5 Å². The Morgan fingerprint density at radius 2 is 1.89 bits per heavy atom. The van der Waals surface area contributed by atoms with Crippen molar-refractivity contribution in [2.75, 3.05) is 0 Å². The maximum absolute atomic E-state index is 11.4. The molecule has 1 heterocycles. The smallest absolute Gasteiger partial charge is 0.336 e. The molecule has 1 aromatic heterocycles. The van der Waals surface area contributed by atoms with Crippen molar-refractivity contribution in [2.45, 2.75) is 12.8 Å². The van der Waals surface area contributed by atoms with Crippen molar-refractivity contribution in [3.05, 3.63) is 34.2 Å². The Bertz CT molecular complexity index is 689. The maximum atomic E-state index is 11.4. The Balaban J connectivity index is 2.84. The Labute approximate surface area is 107 Å². The van der Waals surface area contributed by atoms with Crippen molar-refractivity contribution < 1.29 is 19.4 Å². The molecule has 0 fully saturated rings. The lowest BCUT2D eigenvalue weighted by Crippen LogP contribution is -2.08. The molecule has 0 saturated carbocycles. The summed E-state index contributed by atoms with van der Waals surface area (Å²) in [5, 5.41) is 18.8. The summed E-state index contributed by atoms with van der Waals surface area (Å²) in [7, 11) is 0. The van der Waals surface area contributed by atoms with E-state index in [9.17, 15) is 19.8 Å². The highest BCUT2D eigenvalue weighted by Gasteiger charge is 2.18. The van der Waals surface area contributed by atoms with Gasteiger partial charge in [-0.3, -0.25) is 4.79 Å². The first kappa shape index (κ1) is 12.5. The van der Waals surface area contributed by atoms with Gasteiger partial charge in [-0.2, -0.15) is 0 Å². The van der Waals surface area contributed by atoms with Crippen LogP contribution in [-0.4, -0.2) is 15.3 Å². The zero-order chi connectivity index (χ0) is 13.4. The summed E-state index contributed by atoms with van der Waals surface area (Å²) in [6.07, 6.45) is 0. The molecule has 2 aromatic rings. The van der Waals surface area contributed by atoms with Crippen LogP contribution in [-0.2, 0) is 4.79 Å². The van der Waals surface area contributed by atoms with E-state index in [-0.39, 0.29) is 11.3 Å². The number of hydrogen-bond acceptors (Lipinski definition) is 5. The lowest BCUT2D eigenvalue weighted by molar-refractivity contribution is -0.111. The lowest BCUT2D eigenvalue weighted by atomic mass is 9.99. The van der Waals surface area contributed by atoms with Crippen molar-refractivity contribution in [1.29, 1.82) is 0 Å². The number of hydrogen-bond donors (Lipinski definition) is 3. The number of carbonyl (C=O) groups excluding carboxylic acids is 1. The Hall–Kier alpha value is -1.95. The van der Waals surface area contributed by atoms with E-state index < -0.39 is 22.4 Å². The normalized spacial score (nSPS) is 12.6. The number of thiol groups is 1. The van der Waals surface area contributed by atoms with Gasteiger partial charge in [0.25, 0.3) is 0 Å². The van der Waals surface area contributed by atoms with Gasteiger partial charge in [0.2, 0.25) is 0 Å². The molecule has 0 spiro atoms. The quantitative estimate of drug-likeness (QED) is 0.438. The van der Waals surface area contributed by atoms with Crippen LogP contribution in [0.4, 0.5) is 0 Å². The highest BCUT2D eigenvalue weighted by Crippen LogP contribution is 2.33. The molecule has 0 amide bonds. The Morgan fingerprint density at radius 1 is 1.28 bits per heavy atom. The summed E-state index contributed by atoms with van der Waals surface area (Å²) in [4.78, 5) is 22.7. The predicted octanol–water partition coefficient (Wildman–Crippen LogP) is 1.76. The molecule has 1 unspecified atom stereocenters. The summed E-state index contributed by atoms with van der Waals surface area (Å²) in [5.41, 5.74) is -0.130. The number of aromatic hydroxyl groups is 2. The van der Waals surface area contributed by atoms with E-state index in [4.69, 9.17) is 4.42 Å². The molecule has 18 heavy (non-hydrogen) atoms. The molecule has 0 saturated heterocycles. The largest absolute Gasteiger partial charge is 0.504 e. The molecule has 0 radical (unpaired) electrons. The van der Waals surface area contributed by atoms with Crippen LogP contribution >= 0.6 is 12.6 Å². The van der Waals surface area contributed by atoms with Crippen molar-refractivity contribution in [3.63, 3.8) is 0 Å². The van der Waals surface area contributed by atoms with E-state index in [0.717, 1.165) is 6.07 Å². The number of carbonyl (C=O) groups is 1. The van der Waals surface area contributed by atoms with Gasteiger partial charge in [-0.25, -0.2) is 4.79 Å². The average Bonchev–Trinajstić information content (AvgIpc) is 2.29. The van der Waals surface area contributed by atoms with Gasteiger partial charge in [-0.05, 0) is 11.6 Å². The average molecular weight is 266 g/mol. The van der Waals surface area contributed by atoms with Crippen LogP contribution in [0.3, 0.4) is 0 Å². The molecule has 0 aliphatic heterocycles. The van der Waals surface area contributed by atoms with Crippen LogP contribution in [0.1, 0.15) is 18.4 Å². The fourth-order valence-corrected chi connectivity index (χ4v) is 1.84. The van der Waals surface area contributed by atoms with E-state index in [2.05, 4.69) is 12.6 Å². The number of phenols is 2. The molecule has 0 aliphatic carbocycles. The number of fused-ring (bicyclic) bond motifs is 1. The van der Waals surface area contributed by atoms with Crippen molar-refractivity contribution >= 4 is 28.7 Å². The molecule has 1 aromatic carbocycles. The van der Waals surface area contributed by atoms with E-state index in [0.29, 0.717) is 10.9 Å². The SMILES string of the molecule is CC(C(=O)S)c1cc(=O)oc2cc(O)c(O)cc12. The van der Waals surface area contributed by atoms with Crippen LogP contribution in [0.2, 0.25) is 0 Å².